The van der Waals surface area contributed by atoms with Gasteiger partial charge in [-0.05, 0) is 25.1 Å². The number of rotatable bonds is 5. The molecule has 2 aromatic rings. The Morgan fingerprint density at radius 3 is 2.92 bits per heavy atom. The second-order valence-electron chi connectivity index (χ2n) is 6.12. The first-order valence-corrected chi connectivity index (χ1v) is 8.18. The van der Waals surface area contributed by atoms with Crippen molar-refractivity contribution in [2.24, 2.45) is 0 Å². The van der Waals surface area contributed by atoms with Crippen molar-refractivity contribution in [3.05, 3.63) is 30.0 Å². The standard InChI is InChI=1S/C18H19F2N3O3/c1-11-8-23(9-14(25-11)10-24-2)17-12(6-21)7-22-16-4-3-13(5-15(16)17)26-18(19)20/h3-5,7,11,14,18H,8-10H2,1-2H3. The molecule has 1 aromatic carbocycles. The molecule has 0 bridgehead atoms. The highest BCUT2D eigenvalue weighted by Gasteiger charge is 2.28. The molecule has 26 heavy (non-hydrogen) atoms. The van der Waals surface area contributed by atoms with E-state index < -0.39 is 6.61 Å². The molecule has 3 rings (SSSR count). The maximum absolute atomic E-state index is 12.6. The van der Waals surface area contributed by atoms with E-state index in [4.69, 9.17) is 9.47 Å². The molecule has 1 aliphatic rings. The van der Waals surface area contributed by atoms with E-state index in [1.165, 1.54) is 18.3 Å². The van der Waals surface area contributed by atoms with Crippen LogP contribution < -0.4 is 9.64 Å². The fraction of sp³-hybridized carbons (Fsp3) is 0.444. The Balaban J connectivity index is 2.08. The summed E-state index contributed by atoms with van der Waals surface area (Å²) >= 11 is 0. The number of fused-ring (bicyclic) bond motifs is 1. The van der Waals surface area contributed by atoms with E-state index in [2.05, 4.69) is 15.8 Å². The molecule has 1 fully saturated rings. The Labute approximate surface area is 149 Å². The summed E-state index contributed by atoms with van der Waals surface area (Å²) in [4.78, 5) is 6.27. The third-order valence-electron chi connectivity index (χ3n) is 4.15. The summed E-state index contributed by atoms with van der Waals surface area (Å²) in [5.41, 5.74) is 1.62. The number of halogens is 2. The molecule has 1 aliphatic heterocycles. The maximum atomic E-state index is 12.6. The van der Waals surface area contributed by atoms with Crippen LogP contribution in [-0.2, 0) is 9.47 Å². The fourth-order valence-electron chi connectivity index (χ4n) is 3.26. The predicted octanol–water partition coefficient (Wildman–Crippen LogP) is 2.95. The molecule has 2 unspecified atom stereocenters. The molecule has 0 N–H and O–H groups in total. The van der Waals surface area contributed by atoms with E-state index in [-0.39, 0.29) is 18.0 Å². The number of aromatic nitrogens is 1. The lowest BCUT2D eigenvalue weighted by Gasteiger charge is -2.38. The van der Waals surface area contributed by atoms with Gasteiger partial charge in [0.2, 0.25) is 0 Å². The second kappa shape index (κ2) is 7.81. The monoisotopic (exact) mass is 363 g/mol. The number of morpholine rings is 1. The highest BCUT2D eigenvalue weighted by Crippen LogP contribution is 2.34. The lowest BCUT2D eigenvalue weighted by atomic mass is 10.1. The zero-order valence-corrected chi connectivity index (χ0v) is 14.5. The SMILES string of the molecule is COCC1CN(c2c(C#N)cnc3ccc(OC(F)F)cc23)CC(C)O1. The number of nitriles is 1. The van der Waals surface area contributed by atoms with Gasteiger partial charge in [0.1, 0.15) is 11.8 Å². The number of anilines is 1. The number of pyridine rings is 1. The Morgan fingerprint density at radius 1 is 1.42 bits per heavy atom. The number of hydrogen-bond donors (Lipinski definition) is 0. The van der Waals surface area contributed by atoms with Crippen LogP contribution in [0.4, 0.5) is 14.5 Å². The van der Waals surface area contributed by atoms with Gasteiger partial charge in [-0.25, -0.2) is 0 Å². The van der Waals surface area contributed by atoms with Gasteiger partial charge in [-0.2, -0.15) is 14.0 Å². The minimum Gasteiger partial charge on any atom is -0.435 e. The van der Waals surface area contributed by atoms with Crippen LogP contribution in [0.1, 0.15) is 12.5 Å². The van der Waals surface area contributed by atoms with Crippen molar-refractivity contribution in [1.82, 2.24) is 4.98 Å². The molecule has 0 saturated carbocycles. The van der Waals surface area contributed by atoms with Gasteiger partial charge < -0.3 is 19.1 Å². The average molecular weight is 363 g/mol. The van der Waals surface area contributed by atoms with Gasteiger partial charge in [-0.15, -0.1) is 0 Å². The van der Waals surface area contributed by atoms with Crippen LogP contribution in [0.25, 0.3) is 10.9 Å². The number of methoxy groups -OCH3 is 1. The first-order chi connectivity index (χ1) is 12.5. The summed E-state index contributed by atoms with van der Waals surface area (Å²) in [6.45, 7) is 0.526. The van der Waals surface area contributed by atoms with Crippen LogP contribution in [0.15, 0.2) is 24.4 Å². The van der Waals surface area contributed by atoms with Crippen molar-refractivity contribution in [2.45, 2.75) is 25.7 Å². The van der Waals surface area contributed by atoms with Crippen LogP contribution in [0, 0.1) is 11.3 Å². The Bertz CT molecular complexity index is 825. The molecular formula is C18H19F2N3O3. The summed E-state index contributed by atoms with van der Waals surface area (Å²) in [6, 6.07) is 6.68. The van der Waals surface area contributed by atoms with Gasteiger partial charge in [0.15, 0.2) is 0 Å². The van der Waals surface area contributed by atoms with E-state index in [1.807, 2.05) is 11.8 Å². The van der Waals surface area contributed by atoms with Crippen molar-refractivity contribution < 1.29 is 23.0 Å². The highest BCUT2D eigenvalue weighted by atomic mass is 19.3. The Hall–Kier alpha value is -2.50. The quantitative estimate of drug-likeness (QED) is 0.814. The molecule has 6 nitrogen and oxygen atoms in total. The molecule has 138 valence electrons. The third-order valence-corrected chi connectivity index (χ3v) is 4.15. The Kier molecular flexibility index (Phi) is 5.49. The largest absolute Gasteiger partial charge is 0.435 e. The lowest BCUT2D eigenvalue weighted by Crippen LogP contribution is -2.48. The lowest BCUT2D eigenvalue weighted by molar-refractivity contribution is -0.0510. The highest BCUT2D eigenvalue weighted by molar-refractivity contribution is 5.95. The summed E-state index contributed by atoms with van der Waals surface area (Å²) in [7, 11) is 1.60. The molecule has 0 amide bonds. The maximum Gasteiger partial charge on any atom is 0.387 e. The van der Waals surface area contributed by atoms with Crippen LogP contribution in [0.3, 0.4) is 0 Å². The van der Waals surface area contributed by atoms with Gasteiger partial charge in [0.25, 0.3) is 0 Å². The normalized spacial score (nSPS) is 20.4. The molecule has 0 aliphatic carbocycles. The van der Waals surface area contributed by atoms with Gasteiger partial charge in [0, 0.05) is 31.8 Å². The van der Waals surface area contributed by atoms with E-state index in [1.54, 1.807) is 13.2 Å². The van der Waals surface area contributed by atoms with Crippen molar-refractivity contribution >= 4 is 16.6 Å². The first kappa shape index (κ1) is 18.3. The molecule has 1 aromatic heterocycles. The topological polar surface area (TPSA) is 67.6 Å². The molecule has 2 atom stereocenters. The molecule has 1 saturated heterocycles. The van der Waals surface area contributed by atoms with Gasteiger partial charge in [-0.3, -0.25) is 4.98 Å². The number of benzene rings is 1. The minimum absolute atomic E-state index is 0.0281. The molecule has 8 heteroatoms. The smallest absolute Gasteiger partial charge is 0.387 e. The van der Waals surface area contributed by atoms with Gasteiger partial charge >= 0.3 is 6.61 Å². The average Bonchev–Trinajstić information content (AvgIpc) is 2.59. The summed E-state index contributed by atoms with van der Waals surface area (Å²) in [6.07, 6.45) is 1.27. The van der Waals surface area contributed by atoms with Crippen molar-refractivity contribution in [3.8, 4) is 11.8 Å². The minimum atomic E-state index is -2.92. The zero-order valence-electron chi connectivity index (χ0n) is 14.5. The third kappa shape index (κ3) is 3.84. The second-order valence-corrected chi connectivity index (χ2v) is 6.12. The van der Waals surface area contributed by atoms with Crippen molar-refractivity contribution in [3.63, 3.8) is 0 Å². The van der Waals surface area contributed by atoms with E-state index >= 15 is 0 Å². The van der Waals surface area contributed by atoms with E-state index in [0.717, 1.165) is 0 Å². The van der Waals surface area contributed by atoms with Crippen LogP contribution in [0.5, 0.6) is 5.75 Å². The summed E-state index contributed by atoms with van der Waals surface area (Å²) in [5, 5.41) is 10.1. The Morgan fingerprint density at radius 2 is 2.23 bits per heavy atom. The number of alkyl halides is 2. The molecule has 0 spiro atoms. The molecular weight excluding hydrogens is 344 g/mol. The number of nitrogens with zero attached hydrogens (tertiary/aromatic N) is 3. The number of hydrogen-bond acceptors (Lipinski definition) is 6. The van der Waals surface area contributed by atoms with Crippen LogP contribution >= 0.6 is 0 Å². The van der Waals surface area contributed by atoms with Gasteiger partial charge in [0.05, 0.1) is 35.6 Å². The van der Waals surface area contributed by atoms with Crippen molar-refractivity contribution in [2.75, 3.05) is 31.7 Å². The van der Waals surface area contributed by atoms with E-state index in [9.17, 15) is 14.0 Å². The molecule has 0 radical (unpaired) electrons. The molecule has 2 heterocycles. The fourth-order valence-corrected chi connectivity index (χ4v) is 3.26. The van der Waals surface area contributed by atoms with Gasteiger partial charge in [-0.1, -0.05) is 0 Å². The number of ether oxygens (including phenoxy) is 3. The van der Waals surface area contributed by atoms with Crippen LogP contribution in [0.2, 0.25) is 0 Å². The predicted molar refractivity (Wildman–Crippen MR) is 91.5 cm³/mol. The summed E-state index contributed by atoms with van der Waals surface area (Å²) in [5.74, 6) is 0.0281. The van der Waals surface area contributed by atoms with E-state index in [0.29, 0.717) is 41.9 Å². The van der Waals surface area contributed by atoms with Crippen LogP contribution in [-0.4, -0.2) is 50.6 Å². The summed E-state index contributed by atoms with van der Waals surface area (Å²) < 4.78 is 40.7. The first-order valence-electron chi connectivity index (χ1n) is 8.18. The zero-order chi connectivity index (χ0) is 18.7. The van der Waals surface area contributed by atoms with Crippen molar-refractivity contribution in [1.29, 1.82) is 5.26 Å².